The van der Waals surface area contributed by atoms with Crippen molar-refractivity contribution in [3.8, 4) is 0 Å². The molecule has 0 fully saturated rings. The quantitative estimate of drug-likeness (QED) is 0.824. The molecule has 1 unspecified atom stereocenters. The van der Waals surface area contributed by atoms with Crippen LogP contribution in [0, 0.1) is 20.8 Å². The number of aryl methyl sites for hydroxylation is 3. The lowest BCUT2D eigenvalue weighted by atomic mass is 9.96. The molecule has 0 aliphatic heterocycles. The minimum Gasteiger partial charge on any atom is -0.388 e. The van der Waals surface area contributed by atoms with Gasteiger partial charge in [-0.3, -0.25) is 0 Å². The second kappa shape index (κ2) is 5.29. The van der Waals surface area contributed by atoms with E-state index in [1.54, 1.807) is 7.11 Å². The summed E-state index contributed by atoms with van der Waals surface area (Å²) in [4.78, 5) is 0. The first kappa shape index (κ1) is 12.2. The fraction of sp³-hybridized carbons (Fsp3) is 0.538. The van der Waals surface area contributed by atoms with Crippen molar-refractivity contribution in [3.05, 3.63) is 34.4 Å². The Morgan fingerprint density at radius 1 is 1.13 bits per heavy atom. The standard InChI is InChI=1S/C13H20O2/c1-9-7-11(3)12(8-10(9)2)13(14)5-6-15-4/h7-8,13-14H,5-6H2,1-4H3. The number of aliphatic hydroxyl groups excluding tert-OH is 1. The van der Waals surface area contributed by atoms with Crippen LogP contribution in [0.2, 0.25) is 0 Å². The first-order chi connectivity index (χ1) is 7.06. The highest BCUT2D eigenvalue weighted by molar-refractivity contribution is 5.37. The summed E-state index contributed by atoms with van der Waals surface area (Å²) in [5, 5.41) is 9.97. The molecule has 2 heteroatoms. The monoisotopic (exact) mass is 208 g/mol. The van der Waals surface area contributed by atoms with E-state index in [1.807, 2.05) is 6.92 Å². The number of methoxy groups -OCH3 is 1. The number of ether oxygens (including phenoxy) is 1. The Labute approximate surface area is 91.9 Å². The Hall–Kier alpha value is -0.860. The summed E-state index contributed by atoms with van der Waals surface area (Å²) in [6, 6.07) is 4.20. The first-order valence-corrected chi connectivity index (χ1v) is 5.31. The van der Waals surface area contributed by atoms with E-state index in [2.05, 4.69) is 26.0 Å². The maximum atomic E-state index is 9.97. The van der Waals surface area contributed by atoms with E-state index in [-0.39, 0.29) is 0 Å². The van der Waals surface area contributed by atoms with E-state index in [9.17, 15) is 5.11 Å². The van der Waals surface area contributed by atoms with Crippen molar-refractivity contribution in [1.82, 2.24) is 0 Å². The highest BCUT2D eigenvalue weighted by Crippen LogP contribution is 2.23. The van der Waals surface area contributed by atoms with Crippen LogP contribution in [0.25, 0.3) is 0 Å². The normalized spacial score (nSPS) is 12.9. The van der Waals surface area contributed by atoms with Gasteiger partial charge in [-0.1, -0.05) is 12.1 Å². The van der Waals surface area contributed by atoms with Crippen LogP contribution in [0.1, 0.15) is 34.8 Å². The summed E-state index contributed by atoms with van der Waals surface area (Å²) in [5.41, 5.74) is 4.68. The molecular formula is C13H20O2. The van der Waals surface area contributed by atoms with E-state index < -0.39 is 6.10 Å². The lowest BCUT2D eigenvalue weighted by molar-refractivity contribution is 0.110. The van der Waals surface area contributed by atoms with Crippen molar-refractivity contribution in [2.75, 3.05) is 13.7 Å². The second-order valence-corrected chi connectivity index (χ2v) is 4.09. The van der Waals surface area contributed by atoms with Gasteiger partial charge in [0.05, 0.1) is 6.10 Å². The largest absolute Gasteiger partial charge is 0.388 e. The maximum absolute atomic E-state index is 9.97. The van der Waals surface area contributed by atoms with Crippen LogP contribution in [0.5, 0.6) is 0 Å². The highest BCUT2D eigenvalue weighted by Gasteiger charge is 2.11. The molecule has 0 aromatic heterocycles. The van der Waals surface area contributed by atoms with E-state index in [1.165, 1.54) is 11.1 Å². The third kappa shape index (κ3) is 3.05. The van der Waals surface area contributed by atoms with Gasteiger partial charge < -0.3 is 9.84 Å². The molecule has 1 aromatic carbocycles. The molecule has 0 aliphatic carbocycles. The van der Waals surface area contributed by atoms with Gasteiger partial charge in [-0.25, -0.2) is 0 Å². The van der Waals surface area contributed by atoms with Crippen LogP contribution in [0.4, 0.5) is 0 Å². The minimum absolute atomic E-state index is 0.413. The van der Waals surface area contributed by atoms with Gasteiger partial charge in [0, 0.05) is 20.1 Å². The van der Waals surface area contributed by atoms with Crippen LogP contribution < -0.4 is 0 Å². The van der Waals surface area contributed by atoms with Gasteiger partial charge in [-0.05, 0) is 43.0 Å². The smallest absolute Gasteiger partial charge is 0.0814 e. The zero-order valence-electron chi connectivity index (χ0n) is 10.0. The molecule has 1 N–H and O–H groups in total. The minimum atomic E-state index is -0.413. The molecular weight excluding hydrogens is 188 g/mol. The van der Waals surface area contributed by atoms with Crippen molar-refractivity contribution in [1.29, 1.82) is 0 Å². The topological polar surface area (TPSA) is 29.5 Å². The van der Waals surface area contributed by atoms with E-state index in [0.29, 0.717) is 13.0 Å². The SMILES string of the molecule is COCCC(O)c1cc(C)c(C)cc1C. The van der Waals surface area contributed by atoms with Crippen LogP contribution >= 0.6 is 0 Å². The summed E-state index contributed by atoms with van der Waals surface area (Å²) in [6.45, 7) is 6.79. The summed E-state index contributed by atoms with van der Waals surface area (Å²) in [5.74, 6) is 0. The predicted molar refractivity (Wildman–Crippen MR) is 62.1 cm³/mol. The first-order valence-electron chi connectivity index (χ1n) is 5.31. The lowest BCUT2D eigenvalue weighted by Crippen LogP contribution is -2.04. The van der Waals surface area contributed by atoms with Gasteiger partial charge in [-0.2, -0.15) is 0 Å². The van der Waals surface area contributed by atoms with Crippen molar-refractivity contribution >= 4 is 0 Å². The summed E-state index contributed by atoms with van der Waals surface area (Å²) in [7, 11) is 1.65. The molecule has 15 heavy (non-hydrogen) atoms. The number of rotatable bonds is 4. The van der Waals surface area contributed by atoms with Gasteiger partial charge in [0.15, 0.2) is 0 Å². The molecule has 0 saturated carbocycles. The van der Waals surface area contributed by atoms with Crippen LogP contribution in [-0.4, -0.2) is 18.8 Å². The molecule has 0 spiro atoms. The molecule has 84 valence electrons. The maximum Gasteiger partial charge on any atom is 0.0814 e. The summed E-state index contributed by atoms with van der Waals surface area (Å²) in [6.07, 6.45) is 0.240. The molecule has 1 atom stereocenters. The fourth-order valence-corrected chi connectivity index (χ4v) is 1.73. The van der Waals surface area contributed by atoms with Crippen LogP contribution in [-0.2, 0) is 4.74 Å². The highest BCUT2D eigenvalue weighted by atomic mass is 16.5. The molecule has 2 nitrogen and oxygen atoms in total. The van der Waals surface area contributed by atoms with Gasteiger partial charge >= 0.3 is 0 Å². The average Bonchev–Trinajstić information content (AvgIpc) is 2.20. The number of benzene rings is 1. The number of hydrogen-bond acceptors (Lipinski definition) is 2. The number of aliphatic hydroxyl groups is 1. The molecule has 1 aromatic rings. The third-order valence-corrected chi connectivity index (χ3v) is 2.84. The van der Waals surface area contributed by atoms with Crippen LogP contribution in [0.3, 0.4) is 0 Å². The zero-order valence-corrected chi connectivity index (χ0v) is 10.0. The Balaban J connectivity index is 2.88. The van der Waals surface area contributed by atoms with Crippen molar-refractivity contribution in [2.45, 2.75) is 33.3 Å². The molecule has 0 heterocycles. The van der Waals surface area contributed by atoms with Crippen molar-refractivity contribution in [3.63, 3.8) is 0 Å². The Morgan fingerprint density at radius 2 is 1.73 bits per heavy atom. The van der Waals surface area contributed by atoms with Crippen LogP contribution in [0.15, 0.2) is 12.1 Å². The van der Waals surface area contributed by atoms with Crippen molar-refractivity contribution in [2.24, 2.45) is 0 Å². The Bertz CT molecular complexity index is 332. The van der Waals surface area contributed by atoms with Gasteiger partial charge in [0.25, 0.3) is 0 Å². The van der Waals surface area contributed by atoms with Gasteiger partial charge in [0.1, 0.15) is 0 Å². The molecule has 0 amide bonds. The Kier molecular flexibility index (Phi) is 4.30. The van der Waals surface area contributed by atoms with E-state index in [4.69, 9.17) is 4.74 Å². The lowest BCUT2D eigenvalue weighted by Gasteiger charge is -2.15. The fourth-order valence-electron chi connectivity index (χ4n) is 1.73. The van der Waals surface area contributed by atoms with Gasteiger partial charge in [-0.15, -0.1) is 0 Å². The number of hydrogen-bond donors (Lipinski definition) is 1. The summed E-state index contributed by atoms with van der Waals surface area (Å²) >= 11 is 0. The average molecular weight is 208 g/mol. The summed E-state index contributed by atoms with van der Waals surface area (Å²) < 4.78 is 4.97. The zero-order chi connectivity index (χ0) is 11.4. The van der Waals surface area contributed by atoms with E-state index in [0.717, 1.165) is 11.1 Å². The molecule has 0 radical (unpaired) electrons. The van der Waals surface area contributed by atoms with E-state index >= 15 is 0 Å². The predicted octanol–water partition coefficient (Wildman–Crippen LogP) is 2.68. The third-order valence-electron chi connectivity index (χ3n) is 2.84. The van der Waals surface area contributed by atoms with Crippen molar-refractivity contribution < 1.29 is 9.84 Å². The van der Waals surface area contributed by atoms with Gasteiger partial charge in [0.2, 0.25) is 0 Å². The molecule has 0 saturated heterocycles. The molecule has 0 aliphatic rings. The molecule has 0 bridgehead atoms. The Morgan fingerprint density at radius 3 is 2.33 bits per heavy atom. The molecule has 1 rings (SSSR count). The second-order valence-electron chi connectivity index (χ2n) is 4.09.